The van der Waals surface area contributed by atoms with Gasteiger partial charge < -0.3 is 10.2 Å². The third kappa shape index (κ3) is 4.87. The lowest BCUT2D eigenvalue weighted by Gasteiger charge is -2.24. The summed E-state index contributed by atoms with van der Waals surface area (Å²) in [7, 11) is -3.95. The fourth-order valence-electron chi connectivity index (χ4n) is 4.70. The minimum Gasteiger partial charge on any atom is -0.339 e. The molecule has 1 aliphatic heterocycles. The van der Waals surface area contributed by atoms with Crippen molar-refractivity contribution in [1.82, 2.24) is 4.90 Å². The second-order valence-electron chi connectivity index (χ2n) is 8.53. The van der Waals surface area contributed by atoms with Gasteiger partial charge in [-0.15, -0.1) is 0 Å². The summed E-state index contributed by atoms with van der Waals surface area (Å²) in [6.07, 6.45) is 4.40. The van der Waals surface area contributed by atoms with Crippen LogP contribution in [-0.4, -0.2) is 44.3 Å². The topological polar surface area (TPSA) is 86.8 Å². The van der Waals surface area contributed by atoms with Crippen molar-refractivity contribution in [2.45, 2.75) is 50.0 Å². The van der Waals surface area contributed by atoms with E-state index in [1.165, 1.54) is 16.4 Å². The van der Waals surface area contributed by atoms with Crippen LogP contribution in [0.5, 0.6) is 0 Å². The van der Waals surface area contributed by atoms with E-state index < -0.39 is 15.9 Å². The molecule has 2 aromatic rings. The summed E-state index contributed by atoms with van der Waals surface area (Å²) in [6, 6.07) is 13.4. The number of carbonyl (C=O) groups is 2. The van der Waals surface area contributed by atoms with E-state index in [0.717, 1.165) is 25.7 Å². The highest BCUT2D eigenvalue weighted by molar-refractivity contribution is 7.93. The molecule has 0 bridgehead atoms. The SMILES string of the molecule is CCN(c1ccccc1)S(=O)(=O)c1cc(NC(=O)C2CC(=O)N(C3CCCC3)C2)ccc1Cl. The van der Waals surface area contributed by atoms with E-state index in [-0.39, 0.29) is 40.7 Å². The van der Waals surface area contributed by atoms with Gasteiger partial charge in [0.1, 0.15) is 4.90 Å². The molecule has 1 N–H and O–H groups in total. The molecule has 1 heterocycles. The summed E-state index contributed by atoms with van der Waals surface area (Å²) in [5.41, 5.74) is 0.862. The monoisotopic (exact) mass is 489 g/mol. The first-order valence-electron chi connectivity index (χ1n) is 11.3. The smallest absolute Gasteiger partial charge is 0.265 e. The Kier molecular flexibility index (Phi) is 6.95. The maximum atomic E-state index is 13.4. The van der Waals surface area contributed by atoms with E-state index in [2.05, 4.69) is 5.32 Å². The first kappa shape index (κ1) is 23.6. The minimum atomic E-state index is -3.95. The first-order chi connectivity index (χ1) is 15.8. The molecule has 4 rings (SSSR count). The van der Waals surface area contributed by atoms with Crippen molar-refractivity contribution in [3.8, 4) is 0 Å². The average Bonchev–Trinajstić information content (AvgIpc) is 3.45. The fraction of sp³-hybridized carbons (Fsp3) is 0.417. The van der Waals surface area contributed by atoms with Crippen LogP contribution in [0.1, 0.15) is 39.0 Å². The van der Waals surface area contributed by atoms with Gasteiger partial charge in [0.2, 0.25) is 11.8 Å². The number of likely N-dealkylation sites (tertiary alicyclic amines) is 1. The normalized spacial score (nSPS) is 19.2. The lowest BCUT2D eigenvalue weighted by atomic mass is 10.1. The molecule has 1 unspecified atom stereocenters. The van der Waals surface area contributed by atoms with Crippen LogP contribution in [0.2, 0.25) is 5.02 Å². The predicted octanol–water partition coefficient (Wildman–Crippen LogP) is 4.28. The molecular formula is C24H28ClN3O4S. The van der Waals surface area contributed by atoms with Crippen molar-refractivity contribution in [3.63, 3.8) is 0 Å². The van der Waals surface area contributed by atoms with Crippen LogP contribution in [0.15, 0.2) is 53.4 Å². The highest BCUT2D eigenvalue weighted by Gasteiger charge is 2.38. The van der Waals surface area contributed by atoms with Crippen LogP contribution in [0, 0.1) is 5.92 Å². The first-order valence-corrected chi connectivity index (χ1v) is 13.1. The molecule has 7 nitrogen and oxygen atoms in total. The Bertz CT molecular complexity index is 1130. The number of carbonyl (C=O) groups excluding carboxylic acids is 2. The summed E-state index contributed by atoms with van der Waals surface area (Å²) in [6.45, 7) is 2.38. The summed E-state index contributed by atoms with van der Waals surface area (Å²) in [4.78, 5) is 27.1. The number of hydrogen-bond acceptors (Lipinski definition) is 4. The van der Waals surface area contributed by atoms with Gasteiger partial charge in [0.15, 0.2) is 0 Å². The van der Waals surface area contributed by atoms with Crippen LogP contribution >= 0.6 is 11.6 Å². The Morgan fingerprint density at radius 3 is 2.52 bits per heavy atom. The van der Waals surface area contributed by atoms with Gasteiger partial charge in [0.25, 0.3) is 10.0 Å². The van der Waals surface area contributed by atoms with E-state index in [4.69, 9.17) is 11.6 Å². The average molecular weight is 490 g/mol. The lowest BCUT2D eigenvalue weighted by Crippen LogP contribution is -2.35. The van der Waals surface area contributed by atoms with Gasteiger partial charge in [-0.25, -0.2) is 8.42 Å². The van der Waals surface area contributed by atoms with Gasteiger partial charge >= 0.3 is 0 Å². The molecule has 9 heteroatoms. The third-order valence-electron chi connectivity index (χ3n) is 6.39. The van der Waals surface area contributed by atoms with Crippen molar-refractivity contribution in [3.05, 3.63) is 53.6 Å². The number of nitrogens with zero attached hydrogens (tertiary/aromatic N) is 2. The number of hydrogen-bond donors (Lipinski definition) is 1. The van der Waals surface area contributed by atoms with Crippen LogP contribution in [-0.2, 0) is 19.6 Å². The minimum absolute atomic E-state index is 0.0165. The molecule has 0 aromatic heterocycles. The van der Waals surface area contributed by atoms with Crippen molar-refractivity contribution >= 4 is 44.8 Å². The fourth-order valence-corrected chi connectivity index (χ4v) is 6.68. The number of sulfonamides is 1. The summed E-state index contributed by atoms with van der Waals surface area (Å²) < 4.78 is 28.1. The molecule has 33 heavy (non-hydrogen) atoms. The Hall–Kier alpha value is -2.58. The van der Waals surface area contributed by atoms with Gasteiger partial charge in [0, 0.05) is 31.2 Å². The molecule has 176 valence electrons. The number of amides is 2. The lowest BCUT2D eigenvalue weighted by molar-refractivity contribution is -0.129. The van der Waals surface area contributed by atoms with Gasteiger partial charge in [-0.05, 0) is 50.1 Å². The van der Waals surface area contributed by atoms with Crippen molar-refractivity contribution < 1.29 is 18.0 Å². The molecule has 2 aliphatic rings. The maximum absolute atomic E-state index is 13.4. The molecule has 0 radical (unpaired) electrons. The zero-order chi connectivity index (χ0) is 23.6. The van der Waals surface area contributed by atoms with E-state index in [1.54, 1.807) is 37.3 Å². The number of halogens is 1. The molecule has 1 aliphatic carbocycles. The third-order valence-corrected chi connectivity index (χ3v) is 8.78. The van der Waals surface area contributed by atoms with Gasteiger partial charge in [-0.2, -0.15) is 0 Å². The Balaban J connectivity index is 1.52. The van der Waals surface area contributed by atoms with E-state index >= 15 is 0 Å². The number of benzene rings is 2. The second-order valence-corrected chi connectivity index (χ2v) is 10.8. The molecule has 1 saturated carbocycles. The van der Waals surface area contributed by atoms with Crippen LogP contribution in [0.4, 0.5) is 11.4 Å². The summed E-state index contributed by atoms with van der Waals surface area (Å²) in [5, 5.41) is 2.87. The molecule has 1 atom stereocenters. The molecule has 2 amide bonds. The Morgan fingerprint density at radius 2 is 1.85 bits per heavy atom. The zero-order valence-electron chi connectivity index (χ0n) is 18.5. The van der Waals surface area contributed by atoms with Crippen molar-refractivity contribution in [2.24, 2.45) is 5.92 Å². The van der Waals surface area contributed by atoms with Crippen LogP contribution in [0.25, 0.3) is 0 Å². The Labute approximate surface area is 199 Å². The number of rotatable bonds is 7. The number of anilines is 2. The van der Waals surface area contributed by atoms with Crippen LogP contribution in [0.3, 0.4) is 0 Å². The largest absolute Gasteiger partial charge is 0.339 e. The molecular weight excluding hydrogens is 462 g/mol. The second kappa shape index (κ2) is 9.73. The standard InChI is InChI=1S/C24H28ClN3O4S/c1-2-28(20-10-4-3-5-11-20)33(31,32)22-15-18(12-13-21(22)25)26-24(30)17-14-23(29)27(16-17)19-8-6-7-9-19/h3-5,10-13,15,17,19H,2,6-9,14,16H2,1H3,(H,26,30). The van der Waals surface area contributed by atoms with E-state index in [1.807, 2.05) is 11.0 Å². The quantitative estimate of drug-likeness (QED) is 0.628. The zero-order valence-corrected chi connectivity index (χ0v) is 20.1. The number of para-hydroxylation sites is 1. The maximum Gasteiger partial charge on any atom is 0.265 e. The summed E-state index contributed by atoms with van der Waals surface area (Å²) in [5.74, 6) is -0.724. The molecule has 1 saturated heterocycles. The van der Waals surface area contributed by atoms with E-state index in [9.17, 15) is 18.0 Å². The van der Waals surface area contributed by atoms with E-state index in [0.29, 0.717) is 17.9 Å². The van der Waals surface area contributed by atoms with Gasteiger partial charge in [-0.1, -0.05) is 42.6 Å². The van der Waals surface area contributed by atoms with Crippen LogP contribution < -0.4 is 9.62 Å². The van der Waals surface area contributed by atoms with Crippen molar-refractivity contribution in [2.75, 3.05) is 22.7 Å². The van der Waals surface area contributed by atoms with Gasteiger partial charge in [0.05, 0.1) is 16.6 Å². The summed E-state index contributed by atoms with van der Waals surface area (Å²) >= 11 is 6.27. The molecule has 0 spiro atoms. The molecule has 2 aromatic carbocycles. The highest BCUT2D eigenvalue weighted by atomic mass is 35.5. The van der Waals surface area contributed by atoms with Crippen molar-refractivity contribution in [1.29, 1.82) is 0 Å². The predicted molar refractivity (Wildman–Crippen MR) is 129 cm³/mol. The highest BCUT2D eigenvalue weighted by Crippen LogP contribution is 2.32. The molecule has 2 fully saturated rings. The Morgan fingerprint density at radius 1 is 1.15 bits per heavy atom. The van der Waals surface area contributed by atoms with Gasteiger partial charge in [-0.3, -0.25) is 13.9 Å². The number of nitrogens with one attached hydrogen (secondary N) is 1.